The van der Waals surface area contributed by atoms with Crippen LogP contribution in [0.1, 0.15) is 22.3 Å². The zero-order valence-electron chi connectivity index (χ0n) is 10.9. The minimum Gasteiger partial charge on any atom is -0.487 e. The lowest BCUT2D eigenvalue weighted by Gasteiger charge is -2.12. The molecular weight excluding hydrogens is 258 g/mol. The zero-order chi connectivity index (χ0) is 13.8. The number of benzene rings is 2. The highest BCUT2D eigenvalue weighted by atomic mass is 35.5. The maximum atomic E-state index is 9.04. The van der Waals surface area contributed by atoms with E-state index in [2.05, 4.69) is 32.0 Å². The summed E-state index contributed by atoms with van der Waals surface area (Å²) in [6.45, 7) is 4.54. The number of nitriles is 1. The van der Waals surface area contributed by atoms with E-state index < -0.39 is 0 Å². The molecule has 0 atom stereocenters. The van der Waals surface area contributed by atoms with Crippen LogP contribution in [-0.2, 0) is 6.61 Å². The molecule has 3 heteroatoms. The first-order valence-corrected chi connectivity index (χ1v) is 6.37. The summed E-state index contributed by atoms with van der Waals surface area (Å²) in [4.78, 5) is 0. The minimum atomic E-state index is 0.438. The first kappa shape index (κ1) is 13.5. The van der Waals surface area contributed by atoms with Gasteiger partial charge in [0.05, 0.1) is 5.56 Å². The van der Waals surface area contributed by atoms with Crippen LogP contribution >= 0.6 is 11.6 Å². The van der Waals surface area contributed by atoms with Crippen LogP contribution in [0.3, 0.4) is 0 Å². The van der Waals surface area contributed by atoms with E-state index in [1.807, 2.05) is 6.07 Å². The molecule has 0 spiro atoms. The van der Waals surface area contributed by atoms with Gasteiger partial charge in [0.2, 0.25) is 0 Å². The molecule has 2 rings (SSSR count). The molecule has 0 heterocycles. The van der Waals surface area contributed by atoms with Gasteiger partial charge in [0.1, 0.15) is 18.4 Å². The third-order valence-corrected chi connectivity index (χ3v) is 3.32. The summed E-state index contributed by atoms with van der Waals surface area (Å²) in [5, 5.41) is 9.61. The highest BCUT2D eigenvalue weighted by Gasteiger charge is 2.07. The number of nitrogens with zero attached hydrogens (tertiary/aromatic N) is 1. The van der Waals surface area contributed by atoms with Gasteiger partial charge in [-0.25, -0.2) is 0 Å². The maximum absolute atomic E-state index is 9.04. The smallest absolute Gasteiger partial charge is 0.139 e. The van der Waals surface area contributed by atoms with E-state index in [9.17, 15) is 0 Å². The summed E-state index contributed by atoms with van der Waals surface area (Å²) < 4.78 is 5.75. The van der Waals surface area contributed by atoms with Crippen molar-refractivity contribution in [1.29, 1.82) is 5.26 Å². The van der Waals surface area contributed by atoms with E-state index in [1.165, 1.54) is 11.1 Å². The Morgan fingerprint density at radius 1 is 1.16 bits per heavy atom. The Morgan fingerprint density at radius 3 is 2.47 bits per heavy atom. The van der Waals surface area contributed by atoms with Crippen molar-refractivity contribution in [2.24, 2.45) is 0 Å². The Kier molecular flexibility index (Phi) is 4.09. The van der Waals surface area contributed by atoms with Crippen LogP contribution in [0.5, 0.6) is 5.75 Å². The molecule has 96 valence electrons. The van der Waals surface area contributed by atoms with Crippen molar-refractivity contribution in [2.45, 2.75) is 20.5 Å². The van der Waals surface area contributed by atoms with Gasteiger partial charge in [-0.2, -0.15) is 5.26 Å². The molecule has 0 aliphatic carbocycles. The van der Waals surface area contributed by atoms with Crippen molar-refractivity contribution < 1.29 is 4.74 Å². The van der Waals surface area contributed by atoms with Gasteiger partial charge in [0.25, 0.3) is 0 Å². The van der Waals surface area contributed by atoms with E-state index in [-0.39, 0.29) is 0 Å². The van der Waals surface area contributed by atoms with Crippen LogP contribution in [0.2, 0.25) is 5.02 Å². The van der Waals surface area contributed by atoms with E-state index in [0.717, 1.165) is 5.56 Å². The van der Waals surface area contributed by atoms with Gasteiger partial charge in [-0.05, 0) is 42.7 Å². The summed E-state index contributed by atoms with van der Waals surface area (Å²) in [5.74, 6) is 0.526. The second-order valence-corrected chi connectivity index (χ2v) is 4.85. The van der Waals surface area contributed by atoms with Gasteiger partial charge in [0, 0.05) is 11.1 Å². The molecule has 0 unspecified atom stereocenters. The van der Waals surface area contributed by atoms with Gasteiger partial charge in [-0.3, -0.25) is 0 Å². The van der Waals surface area contributed by atoms with Crippen molar-refractivity contribution >= 4 is 11.6 Å². The Morgan fingerprint density at radius 2 is 1.84 bits per heavy atom. The molecule has 2 nitrogen and oxygen atoms in total. The van der Waals surface area contributed by atoms with Crippen molar-refractivity contribution in [2.75, 3.05) is 0 Å². The number of hydrogen-bond donors (Lipinski definition) is 0. The second-order valence-electron chi connectivity index (χ2n) is 4.41. The van der Waals surface area contributed by atoms with Crippen molar-refractivity contribution in [3.05, 3.63) is 63.7 Å². The monoisotopic (exact) mass is 271 g/mol. The lowest BCUT2D eigenvalue weighted by Crippen LogP contribution is -2.01. The van der Waals surface area contributed by atoms with Gasteiger partial charge in [0.15, 0.2) is 0 Å². The number of hydrogen-bond acceptors (Lipinski definition) is 2. The van der Waals surface area contributed by atoms with Gasteiger partial charge < -0.3 is 4.74 Å². The van der Waals surface area contributed by atoms with Crippen molar-refractivity contribution in [3.63, 3.8) is 0 Å². The molecule has 0 amide bonds. The molecule has 0 radical (unpaired) electrons. The molecule has 0 aliphatic rings. The fourth-order valence-corrected chi connectivity index (χ4v) is 2.10. The standard InChI is InChI=1S/C16H14ClNO/c1-11-4-3-5-12(2)15(11)10-19-16-8-14(17)7-6-13(16)9-18/h3-8H,10H2,1-2H3. The molecule has 0 N–H and O–H groups in total. The van der Waals surface area contributed by atoms with Gasteiger partial charge >= 0.3 is 0 Å². The summed E-state index contributed by atoms with van der Waals surface area (Å²) >= 11 is 5.93. The molecule has 2 aromatic rings. The molecule has 2 aromatic carbocycles. The number of rotatable bonds is 3. The van der Waals surface area contributed by atoms with E-state index >= 15 is 0 Å². The molecule has 0 saturated heterocycles. The van der Waals surface area contributed by atoms with Crippen LogP contribution in [0.25, 0.3) is 0 Å². The molecule has 0 saturated carbocycles. The van der Waals surface area contributed by atoms with E-state index in [1.54, 1.807) is 18.2 Å². The SMILES string of the molecule is Cc1cccc(C)c1COc1cc(Cl)ccc1C#N. The first-order valence-electron chi connectivity index (χ1n) is 5.99. The van der Waals surface area contributed by atoms with Crippen LogP contribution in [0.15, 0.2) is 36.4 Å². The largest absolute Gasteiger partial charge is 0.487 e. The third-order valence-electron chi connectivity index (χ3n) is 3.08. The van der Waals surface area contributed by atoms with E-state index in [0.29, 0.717) is 22.9 Å². The lowest BCUT2D eigenvalue weighted by atomic mass is 10.0. The zero-order valence-corrected chi connectivity index (χ0v) is 11.7. The van der Waals surface area contributed by atoms with Crippen LogP contribution < -0.4 is 4.74 Å². The Hall–Kier alpha value is -1.98. The summed E-state index contributed by atoms with van der Waals surface area (Å²) in [6, 6.07) is 13.3. The highest BCUT2D eigenvalue weighted by Crippen LogP contribution is 2.24. The van der Waals surface area contributed by atoms with Gasteiger partial charge in [-0.15, -0.1) is 0 Å². The van der Waals surface area contributed by atoms with Gasteiger partial charge in [-0.1, -0.05) is 29.8 Å². The predicted octanol–water partition coefficient (Wildman–Crippen LogP) is 4.41. The van der Waals surface area contributed by atoms with Crippen LogP contribution in [0, 0.1) is 25.2 Å². The summed E-state index contributed by atoms with van der Waals surface area (Å²) in [5.41, 5.74) is 4.00. The molecular formula is C16H14ClNO. The normalized spacial score (nSPS) is 10.0. The fraction of sp³-hybridized carbons (Fsp3) is 0.188. The fourth-order valence-electron chi connectivity index (χ4n) is 1.93. The Labute approximate surface area is 118 Å². The maximum Gasteiger partial charge on any atom is 0.139 e. The summed E-state index contributed by atoms with van der Waals surface area (Å²) in [7, 11) is 0. The number of halogens is 1. The predicted molar refractivity (Wildman–Crippen MR) is 76.4 cm³/mol. The van der Waals surface area contributed by atoms with Crippen molar-refractivity contribution in [3.8, 4) is 11.8 Å². The Bertz CT molecular complexity index is 623. The minimum absolute atomic E-state index is 0.438. The van der Waals surface area contributed by atoms with E-state index in [4.69, 9.17) is 21.6 Å². The number of aryl methyl sites for hydroxylation is 2. The average molecular weight is 272 g/mol. The van der Waals surface area contributed by atoms with Crippen LogP contribution in [-0.4, -0.2) is 0 Å². The average Bonchev–Trinajstić information content (AvgIpc) is 2.38. The Balaban J connectivity index is 2.24. The summed E-state index contributed by atoms with van der Waals surface area (Å²) in [6.07, 6.45) is 0. The topological polar surface area (TPSA) is 33.0 Å². The molecule has 0 aliphatic heterocycles. The molecule has 0 aromatic heterocycles. The van der Waals surface area contributed by atoms with Crippen molar-refractivity contribution in [1.82, 2.24) is 0 Å². The highest BCUT2D eigenvalue weighted by molar-refractivity contribution is 6.30. The first-order chi connectivity index (χ1) is 9.11. The molecule has 0 bridgehead atoms. The lowest BCUT2D eigenvalue weighted by molar-refractivity contribution is 0.304. The third kappa shape index (κ3) is 3.07. The number of ether oxygens (including phenoxy) is 1. The molecule has 0 fully saturated rings. The second kappa shape index (κ2) is 5.77. The molecule has 19 heavy (non-hydrogen) atoms. The quantitative estimate of drug-likeness (QED) is 0.828. The van der Waals surface area contributed by atoms with Crippen LogP contribution in [0.4, 0.5) is 0 Å².